The molecule has 0 aliphatic rings. The predicted octanol–water partition coefficient (Wildman–Crippen LogP) is 0.297. The Bertz CT molecular complexity index is 219. The molecule has 0 spiro atoms. The Labute approximate surface area is 67.7 Å². The molecule has 1 heterocycles. The van der Waals surface area contributed by atoms with Crippen molar-refractivity contribution in [2.24, 2.45) is 7.05 Å². The number of hydrogen-bond acceptors (Lipinski definition) is 3. The lowest BCUT2D eigenvalue weighted by molar-refractivity contribution is 0.636. The summed E-state index contributed by atoms with van der Waals surface area (Å²) in [5.74, 6) is 0. The Kier molecular flexibility index (Phi) is 2.39. The van der Waals surface area contributed by atoms with Gasteiger partial charge < -0.3 is 5.32 Å². The first-order valence-corrected chi connectivity index (χ1v) is 3.73. The minimum atomic E-state index is 0.744. The van der Waals surface area contributed by atoms with Crippen molar-refractivity contribution >= 4 is 15.9 Å². The van der Waals surface area contributed by atoms with Crippen LogP contribution in [0.3, 0.4) is 0 Å². The van der Waals surface area contributed by atoms with Gasteiger partial charge in [0.25, 0.3) is 0 Å². The largest absolute Gasteiger partial charge is 0.314 e. The monoisotopic (exact) mass is 204 g/mol. The van der Waals surface area contributed by atoms with E-state index in [-0.39, 0.29) is 0 Å². The molecule has 0 aromatic carbocycles. The molecule has 1 rings (SSSR count). The van der Waals surface area contributed by atoms with Gasteiger partial charge in [-0.2, -0.15) is 9.90 Å². The summed E-state index contributed by atoms with van der Waals surface area (Å²) in [5.41, 5.74) is 0.935. The fraction of sp³-hybridized carbons (Fsp3) is 0.600. The fourth-order valence-electron chi connectivity index (χ4n) is 0.699. The highest BCUT2D eigenvalue weighted by Crippen LogP contribution is 2.08. The number of halogens is 1. The summed E-state index contributed by atoms with van der Waals surface area (Å²) in [6, 6.07) is 0. The molecule has 0 aliphatic carbocycles. The van der Waals surface area contributed by atoms with Crippen LogP contribution in [0.15, 0.2) is 4.60 Å². The maximum Gasteiger partial charge on any atom is 0.152 e. The van der Waals surface area contributed by atoms with E-state index in [4.69, 9.17) is 0 Å². The molecule has 0 radical (unpaired) electrons. The van der Waals surface area contributed by atoms with Gasteiger partial charge in [-0.05, 0) is 23.0 Å². The number of hydrogen-bond donors (Lipinski definition) is 1. The lowest BCUT2D eigenvalue weighted by Gasteiger charge is -1.90. The number of nitrogens with one attached hydrogen (secondary N) is 1. The molecule has 0 atom stereocenters. The molecule has 1 N–H and O–H groups in total. The molecular formula is C5H9BrN4. The summed E-state index contributed by atoms with van der Waals surface area (Å²) in [5, 5.41) is 11.1. The summed E-state index contributed by atoms with van der Waals surface area (Å²) in [7, 11) is 3.67. The van der Waals surface area contributed by atoms with Crippen molar-refractivity contribution in [3.8, 4) is 0 Å². The lowest BCUT2D eigenvalue weighted by Crippen LogP contribution is -2.06. The van der Waals surface area contributed by atoms with Crippen LogP contribution in [-0.2, 0) is 13.6 Å². The van der Waals surface area contributed by atoms with E-state index in [0.717, 1.165) is 16.8 Å². The first-order valence-electron chi connectivity index (χ1n) is 2.94. The molecule has 0 aliphatic heterocycles. The van der Waals surface area contributed by atoms with E-state index in [9.17, 15) is 0 Å². The molecule has 1 aromatic heterocycles. The van der Waals surface area contributed by atoms with Gasteiger partial charge in [-0.3, -0.25) is 0 Å². The molecular weight excluding hydrogens is 196 g/mol. The van der Waals surface area contributed by atoms with Crippen molar-refractivity contribution < 1.29 is 0 Å². The van der Waals surface area contributed by atoms with Crippen LogP contribution in [0, 0.1) is 0 Å². The zero-order valence-electron chi connectivity index (χ0n) is 5.93. The van der Waals surface area contributed by atoms with Crippen LogP contribution in [0.25, 0.3) is 0 Å². The normalized spacial score (nSPS) is 10.3. The van der Waals surface area contributed by atoms with E-state index >= 15 is 0 Å². The van der Waals surface area contributed by atoms with Crippen molar-refractivity contribution in [1.82, 2.24) is 20.3 Å². The predicted molar refractivity (Wildman–Crippen MR) is 41.5 cm³/mol. The van der Waals surface area contributed by atoms with Crippen LogP contribution in [-0.4, -0.2) is 22.0 Å². The Morgan fingerprint density at radius 3 is 2.70 bits per heavy atom. The maximum atomic E-state index is 4.10. The Hall–Kier alpha value is -0.420. The highest BCUT2D eigenvalue weighted by molar-refractivity contribution is 9.10. The summed E-state index contributed by atoms with van der Waals surface area (Å²) in [4.78, 5) is 1.54. The topological polar surface area (TPSA) is 42.7 Å². The minimum Gasteiger partial charge on any atom is -0.314 e. The second kappa shape index (κ2) is 3.12. The number of nitrogens with zero attached hydrogens (tertiary/aromatic N) is 3. The third-order valence-electron chi connectivity index (χ3n) is 1.08. The smallest absolute Gasteiger partial charge is 0.152 e. The van der Waals surface area contributed by atoms with Gasteiger partial charge in [0.05, 0.1) is 0 Å². The van der Waals surface area contributed by atoms with Crippen LogP contribution in [0.4, 0.5) is 0 Å². The standard InChI is InChI=1S/C5H9BrN4/c1-7-3-4-5(6)9-10(2)8-4/h7H,3H2,1-2H3. The lowest BCUT2D eigenvalue weighted by atomic mass is 10.5. The fourth-order valence-corrected chi connectivity index (χ4v) is 1.15. The maximum absolute atomic E-state index is 4.10. The van der Waals surface area contributed by atoms with Crippen molar-refractivity contribution in [3.63, 3.8) is 0 Å². The Balaban J connectivity index is 2.81. The first kappa shape index (κ1) is 7.68. The third kappa shape index (κ3) is 1.54. The number of rotatable bonds is 2. The van der Waals surface area contributed by atoms with Crippen LogP contribution in [0.2, 0.25) is 0 Å². The zero-order valence-corrected chi connectivity index (χ0v) is 7.51. The molecule has 10 heavy (non-hydrogen) atoms. The minimum absolute atomic E-state index is 0.744. The van der Waals surface area contributed by atoms with Gasteiger partial charge in [0.1, 0.15) is 5.69 Å². The molecule has 0 saturated heterocycles. The zero-order chi connectivity index (χ0) is 7.56. The number of aromatic nitrogens is 3. The van der Waals surface area contributed by atoms with E-state index < -0.39 is 0 Å². The summed E-state index contributed by atoms with van der Waals surface area (Å²) in [6.45, 7) is 0.744. The van der Waals surface area contributed by atoms with Gasteiger partial charge in [0.2, 0.25) is 0 Å². The second-order valence-electron chi connectivity index (χ2n) is 1.96. The van der Waals surface area contributed by atoms with Crippen LogP contribution in [0.1, 0.15) is 5.69 Å². The first-order chi connectivity index (χ1) is 4.74. The third-order valence-corrected chi connectivity index (χ3v) is 1.70. The molecule has 0 amide bonds. The molecule has 1 aromatic rings. The van der Waals surface area contributed by atoms with Gasteiger partial charge in [-0.15, -0.1) is 5.10 Å². The van der Waals surface area contributed by atoms with Gasteiger partial charge in [0.15, 0.2) is 4.60 Å². The highest BCUT2D eigenvalue weighted by Gasteiger charge is 2.03. The van der Waals surface area contributed by atoms with Gasteiger partial charge in [-0.1, -0.05) is 0 Å². The van der Waals surface area contributed by atoms with Gasteiger partial charge in [0, 0.05) is 13.6 Å². The van der Waals surface area contributed by atoms with E-state index in [1.807, 2.05) is 7.05 Å². The quantitative estimate of drug-likeness (QED) is 0.754. The van der Waals surface area contributed by atoms with Gasteiger partial charge in [-0.25, -0.2) is 0 Å². The average Bonchev–Trinajstić information content (AvgIpc) is 2.13. The molecule has 4 nitrogen and oxygen atoms in total. The van der Waals surface area contributed by atoms with Crippen LogP contribution in [0.5, 0.6) is 0 Å². The van der Waals surface area contributed by atoms with Crippen molar-refractivity contribution in [1.29, 1.82) is 0 Å². The average molecular weight is 205 g/mol. The second-order valence-corrected chi connectivity index (χ2v) is 2.71. The summed E-state index contributed by atoms with van der Waals surface area (Å²) in [6.07, 6.45) is 0. The molecule has 56 valence electrons. The van der Waals surface area contributed by atoms with E-state index in [0.29, 0.717) is 0 Å². The highest BCUT2D eigenvalue weighted by atomic mass is 79.9. The number of aryl methyl sites for hydroxylation is 1. The van der Waals surface area contributed by atoms with Gasteiger partial charge >= 0.3 is 0 Å². The van der Waals surface area contributed by atoms with E-state index in [1.54, 1.807) is 7.05 Å². The van der Waals surface area contributed by atoms with Crippen LogP contribution < -0.4 is 5.32 Å². The molecule has 0 saturated carbocycles. The summed E-state index contributed by atoms with van der Waals surface area (Å²) >= 11 is 3.28. The molecule has 0 fully saturated rings. The summed E-state index contributed by atoms with van der Waals surface area (Å²) < 4.78 is 0.810. The SMILES string of the molecule is CNCc1nn(C)nc1Br. The molecule has 0 bridgehead atoms. The van der Waals surface area contributed by atoms with Crippen molar-refractivity contribution in [3.05, 3.63) is 10.3 Å². The van der Waals surface area contributed by atoms with Crippen molar-refractivity contribution in [2.45, 2.75) is 6.54 Å². The Morgan fingerprint density at radius 2 is 2.30 bits per heavy atom. The molecule has 0 unspecified atom stereocenters. The Morgan fingerprint density at radius 1 is 1.60 bits per heavy atom. The van der Waals surface area contributed by atoms with Crippen LogP contribution >= 0.6 is 15.9 Å². The van der Waals surface area contributed by atoms with Crippen molar-refractivity contribution in [2.75, 3.05) is 7.05 Å². The molecule has 5 heteroatoms. The van der Waals surface area contributed by atoms with E-state index in [1.165, 1.54) is 4.80 Å². The van der Waals surface area contributed by atoms with E-state index in [2.05, 4.69) is 31.4 Å².